The van der Waals surface area contributed by atoms with Crippen LogP contribution in [0.2, 0.25) is 0 Å². The number of nitrogens with one attached hydrogen (secondary N) is 1. The van der Waals surface area contributed by atoms with Gasteiger partial charge in [0, 0.05) is 10.6 Å². The lowest BCUT2D eigenvalue weighted by atomic mass is 9.98. The fourth-order valence-electron chi connectivity index (χ4n) is 3.63. The Bertz CT molecular complexity index is 1340. The van der Waals surface area contributed by atoms with Crippen molar-refractivity contribution in [3.05, 3.63) is 76.3 Å². The molecule has 32 heavy (non-hydrogen) atoms. The first-order chi connectivity index (χ1) is 15.4. The van der Waals surface area contributed by atoms with E-state index in [2.05, 4.69) is 24.1 Å². The molecule has 0 atom stereocenters. The van der Waals surface area contributed by atoms with Gasteiger partial charge in [0.2, 0.25) is 5.91 Å². The molecule has 0 saturated heterocycles. The number of methoxy groups -OCH3 is 1. The zero-order chi connectivity index (χ0) is 22.8. The quantitative estimate of drug-likeness (QED) is 0.441. The minimum atomic E-state index is -0.253. The fourth-order valence-corrected chi connectivity index (χ4v) is 4.70. The molecule has 0 saturated carbocycles. The molecule has 0 aliphatic heterocycles. The number of hydrogen-bond donors (Lipinski definition) is 1. The lowest BCUT2D eigenvalue weighted by Gasteiger charge is -2.16. The van der Waals surface area contributed by atoms with Crippen molar-refractivity contribution in [1.29, 1.82) is 0 Å². The number of rotatable bonds is 6. The van der Waals surface area contributed by atoms with Crippen molar-refractivity contribution in [2.24, 2.45) is 0 Å². The summed E-state index contributed by atoms with van der Waals surface area (Å²) in [5.41, 5.74) is 4.27. The van der Waals surface area contributed by atoms with Gasteiger partial charge in [-0.2, -0.15) is 0 Å². The van der Waals surface area contributed by atoms with Gasteiger partial charge in [-0.05, 0) is 59.9 Å². The minimum Gasteiger partial charge on any atom is -0.497 e. The number of para-hydroxylation sites is 1. The Labute approximate surface area is 190 Å². The molecule has 0 fully saturated rings. The summed E-state index contributed by atoms with van der Waals surface area (Å²) in [5.74, 6) is 0.792. The normalized spacial score (nSPS) is 11.2. The van der Waals surface area contributed by atoms with Crippen molar-refractivity contribution in [3.8, 4) is 16.2 Å². The van der Waals surface area contributed by atoms with Crippen molar-refractivity contribution >= 4 is 33.1 Å². The lowest BCUT2D eigenvalue weighted by Crippen LogP contribution is -2.28. The van der Waals surface area contributed by atoms with Crippen molar-refractivity contribution in [1.82, 2.24) is 9.55 Å². The number of hydrogen-bond acceptors (Lipinski definition) is 5. The Balaban J connectivity index is 1.60. The van der Waals surface area contributed by atoms with Gasteiger partial charge in [0.05, 0.1) is 19.0 Å². The molecule has 0 unspecified atom stereocenters. The molecule has 2 heterocycles. The van der Waals surface area contributed by atoms with Gasteiger partial charge in [-0.15, -0.1) is 11.3 Å². The van der Waals surface area contributed by atoms with Gasteiger partial charge in [0.15, 0.2) is 0 Å². The number of benzene rings is 2. The van der Waals surface area contributed by atoms with Crippen molar-refractivity contribution in [2.45, 2.75) is 33.2 Å². The summed E-state index contributed by atoms with van der Waals surface area (Å²) in [6.07, 6.45) is 1.44. The highest BCUT2D eigenvalue weighted by Crippen LogP contribution is 2.32. The lowest BCUT2D eigenvalue weighted by molar-refractivity contribution is -0.116. The van der Waals surface area contributed by atoms with Gasteiger partial charge in [-0.3, -0.25) is 14.2 Å². The van der Waals surface area contributed by atoms with Gasteiger partial charge in [-0.25, -0.2) is 4.98 Å². The van der Waals surface area contributed by atoms with Gasteiger partial charge >= 0.3 is 0 Å². The van der Waals surface area contributed by atoms with E-state index in [4.69, 9.17) is 4.74 Å². The molecule has 2 aromatic heterocycles. The average molecular weight is 448 g/mol. The summed E-state index contributed by atoms with van der Waals surface area (Å²) in [7, 11) is 1.62. The average Bonchev–Trinajstić information content (AvgIpc) is 3.22. The maximum atomic E-state index is 13.0. The van der Waals surface area contributed by atoms with E-state index in [0.717, 1.165) is 33.0 Å². The molecule has 1 N–H and O–H groups in total. The SMILES string of the molecule is COc1ccc(-c2cc3ncn(CC(=O)Nc4c(C)cccc4C(C)C)c(=O)c3s2)cc1. The maximum Gasteiger partial charge on any atom is 0.271 e. The molecule has 6 nitrogen and oxygen atoms in total. The van der Waals surface area contributed by atoms with Crippen LogP contribution in [0, 0.1) is 6.92 Å². The highest BCUT2D eigenvalue weighted by atomic mass is 32.1. The maximum absolute atomic E-state index is 13.0. The monoisotopic (exact) mass is 447 g/mol. The number of anilines is 1. The number of aryl methyl sites for hydroxylation is 1. The first kappa shape index (κ1) is 21.8. The molecule has 0 bridgehead atoms. The van der Waals surface area contributed by atoms with Gasteiger partial charge in [-0.1, -0.05) is 32.0 Å². The molecular formula is C25H25N3O3S. The molecule has 4 rings (SSSR count). The zero-order valence-corrected chi connectivity index (χ0v) is 19.3. The van der Waals surface area contributed by atoms with Crippen LogP contribution in [0.4, 0.5) is 5.69 Å². The summed E-state index contributed by atoms with van der Waals surface area (Å²) < 4.78 is 7.10. The van der Waals surface area contributed by atoms with Crippen molar-refractivity contribution < 1.29 is 9.53 Å². The van der Waals surface area contributed by atoms with Crippen LogP contribution < -0.4 is 15.6 Å². The van der Waals surface area contributed by atoms with E-state index in [-0.39, 0.29) is 23.9 Å². The van der Waals surface area contributed by atoms with E-state index >= 15 is 0 Å². The number of carbonyl (C=O) groups excluding carboxylic acids is 1. The van der Waals surface area contributed by atoms with Gasteiger partial charge < -0.3 is 10.1 Å². The summed E-state index contributed by atoms with van der Waals surface area (Å²) in [6, 6.07) is 15.5. The third-order valence-electron chi connectivity index (χ3n) is 5.38. The van der Waals surface area contributed by atoms with Crippen LogP contribution in [0.25, 0.3) is 20.7 Å². The van der Waals surface area contributed by atoms with Crippen LogP contribution in [0.5, 0.6) is 5.75 Å². The highest BCUT2D eigenvalue weighted by Gasteiger charge is 2.15. The van der Waals surface area contributed by atoms with Crippen molar-refractivity contribution in [3.63, 3.8) is 0 Å². The van der Waals surface area contributed by atoms with E-state index in [1.807, 2.05) is 55.5 Å². The standard InChI is InChI=1S/C25H25N3O3S/c1-15(2)19-7-5-6-16(3)23(19)27-22(29)13-28-14-26-20-12-21(32-24(20)25(28)30)17-8-10-18(31-4)11-9-17/h5-12,14-15H,13H2,1-4H3,(H,27,29). The summed E-state index contributed by atoms with van der Waals surface area (Å²) in [4.78, 5) is 31.2. The molecule has 0 aliphatic rings. The Hall–Kier alpha value is -3.45. The second kappa shape index (κ2) is 8.96. The molecule has 2 aromatic carbocycles. The number of aromatic nitrogens is 2. The molecule has 0 spiro atoms. The predicted octanol–water partition coefficient (Wildman–Crippen LogP) is 5.20. The third-order valence-corrected chi connectivity index (χ3v) is 6.55. The zero-order valence-electron chi connectivity index (χ0n) is 18.5. The van der Waals surface area contributed by atoms with E-state index in [0.29, 0.717) is 10.2 Å². The first-order valence-corrected chi connectivity index (χ1v) is 11.2. The van der Waals surface area contributed by atoms with Gasteiger partial charge in [0.1, 0.15) is 17.0 Å². The Morgan fingerprint density at radius 3 is 2.62 bits per heavy atom. The van der Waals surface area contributed by atoms with Crippen LogP contribution in [0.3, 0.4) is 0 Å². The first-order valence-electron chi connectivity index (χ1n) is 10.4. The summed E-state index contributed by atoms with van der Waals surface area (Å²) in [6.45, 7) is 6.05. The number of carbonyl (C=O) groups is 1. The molecule has 1 amide bonds. The van der Waals surface area contributed by atoms with Crippen LogP contribution in [0.1, 0.15) is 30.9 Å². The van der Waals surface area contributed by atoms with Crippen LogP contribution in [-0.2, 0) is 11.3 Å². The number of nitrogens with zero attached hydrogens (tertiary/aromatic N) is 2. The number of fused-ring (bicyclic) bond motifs is 1. The van der Waals surface area contributed by atoms with E-state index in [1.54, 1.807) is 7.11 Å². The van der Waals surface area contributed by atoms with E-state index in [1.165, 1.54) is 22.2 Å². The Morgan fingerprint density at radius 1 is 1.19 bits per heavy atom. The molecule has 0 radical (unpaired) electrons. The largest absolute Gasteiger partial charge is 0.497 e. The molecular weight excluding hydrogens is 422 g/mol. The van der Waals surface area contributed by atoms with Crippen LogP contribution in [0.15, 0.2) is 59.7 Å². The second-order valence-electron chi connectivity index (χ2n) is 7.97. The fraction of sp³-hybridized carbons (Fsp3) is 0.240. The van der Waals surface area contributed by atoms with Crippen LogP contribution in [-0.4, -0.2) is 22.6 Å². The van der Waals surface area contributed by atoms with Crippen LogP contribution >= 0.6 is 11.3 Å². The second-order valence-corrected chi connectivity index (χ2v) is 9.03. The molecule has 4 aromatic rings. The Morgan fingerprint density at radius 2 is 1.94 bits per heavy atom. The molecule has 164 valence electrons. The molecule has 7 heteroatoms. The number of amides is 1. The number of ether oxygens (including phenoxy) is 1. The predicted molar refractivity (Wildman–Crippen MR) is 130 cm³/mol. The van der Waals surface area contributed by atoms with Gasteiger partial charge in [0.25, 0.3) is 5.56 Å². The number of thiophene rings is 1. The minimum absolute atomic E-state index is 0.0938. The Kier molecular flexibility index (Phi) is 6.10. The summed E-state index contributed by atoms with van der Waals surface area (Å²) >= 11 is 1.38. The topological polar surface area (TPSA) is 73.2 Å². The molecule has 0 aliphatic carbocycles. The smallest absolute Gasteiger partial charge is 0.271 e. The van der Waals surface area contributed by atoms with Crippen molar-refractivity contribution in [2.75, 3.05) is 12.4 Å². The highest BCUT2D eigenvalue weighted by molar-refractivity contribution is 7.22. The summed E-state index contributed by atoms with van der Waals surface area (Å²) in [5, 5.41) is 2.99. The third kappa shape index (κ3) is 4.29. The van der Waals surface area contributed by atoms with E-state index < -0.39 is 0 Å². The van der Waals surface area contributed by atoms with E-state index in [9.17, 15) is 9.59 Å².